The van der Waals surface area contributed by atoms with E-state index in [0.717, 1.165) is 41.7 Å². The molecule has 2 rings (SSSR count). The Labute approximate surface area is 107 Å². The van der Waals surface area contributed by atoms with Crippen LogP contribution in [-0.2, 0) is 0 Å². The van der Waals surface area contributed by atoms with E-state index in [1.54, 1.807) is 11.8 Å². The number of nitrogens with one attached hydrogen (secondary N) is 1. The molecule has 0 saturated carbocycles. The fourth-order valence-corrected chi connectivity index (χ4v) is 2.49. The maximum absolute atomic E-state index is 4.59. The second kappa shape index (κ2) is 5.12. The highest BCUT2D eigenvalue weighted by atomic mass is 32.2. The van der Waals surface area contributed by atoms with Gasteiger partial charge in [0.25, 0.3) is 0 Å². The van der Waals surface area contributed by atoms with Crippen LogP contribution >= 0.6 is 11.8 Å². The largest absolute Gasteiger partial charge is 0.373 e. The second-order valence-corrected chi connectivity index (χ2v) is 5.48. The Morgan fingerprint density at radius 1 is 1.29 bits per heavy atom. The van der Waals surface area contributed by atoms with Gasteiger partial charge in [-0.3, -0.25) is 0 Å². The third kappa shape index (κ3) is 2.65. The molecule has 1 aromatic heterocycles. The molecule has 0 aromatic carbocycles. The molecule has 0 spiro atoms. The van der Waals surface area contributed by atoms with E-state index in [-0.39, 0.29) is 0 Å². The lowest BCUT2D eigenvalue weighted by molar-refractivity contribution is 0.494. The van der Waals surface area contributed by atoms with Crippen molar-refractivity contribution in [3.63, 3.8) is 0 Å². The third-order valence-corrected chi connectivity index (χ3v) is 3.99. The number of rotatable bonds is 3. The lowest BCUT2D eigenvalue weighted by atomic mass is 10.0. The molecule has 4 nitrogen and oxygen atoms in total. The van der Waals surface area contributed by atoms with Gasteiger partial charge in [0, 0.05) is 26.2 Å². The summed E-state index contributed by atoms with van der Waals surface area (Å²) in [7, 11) is 1.89. The van der Waals surface area contributed by atoms with E-state index in [1.165, 1.54) is 0 Å². The predicted octanol–water partition coefficient (Wildman–Crippen LogP) is 2.33. The number of hydrogen-bond acceptors (Lipinski definition) is 5. The minimum atomic E-state index is 0.737. The molecule has 1 aromatic rings. The average Bonchev–Trinajstić information content (AvgIpc) is 2.69. The quantitative estimate of drug-likeness (QED) is 0.660. The zero-order chi connectivity index (χ0) is 12.4. The first-order valence-corrected chi connectivity index (χ1v) is 7.22. The van der Waals surface area contributed by atoms with Gasteiger partial charge in [0.15, 0.2) is 5.16 Å². The van der Waals surface area contributed by atoms with Crippen LogP contribution in [0.3, 0.4) is 0 Å². The fourth-order valence-electron chi connectivity index (χ4n) is 2.11. The standard InChI is InChI=1S/C12H20N4S/c1-8-6-16(7-9(8)2)11-5-10(13-3)14-12(15-11)17-4/h5,8-9H,6-7H2,1-4H3,(H,13,14,15). The molecule has 1 aliphatic rings. The van der Waals surface area contributed by atoms with Crippen molar-refractivity contribution in [3.05, 3.63) is 6.07 Å². The highest BCUT2D eigenvalue weighted by molar-refractivity contribution is 7.98. The van der Waals surface area contributed by atoms with Crippen molar-refractivity contribution < 1.29 is 0 Å². The van der Waals surface area contributed by atoms with Crippen molar-refractivity contribution in [2.24, 2.45) is 11.8 Å². The summed E-state index contributed by atoms with van der Waals surface area (Å²) in [5.74, 6) is 3.41. The zero-order valence-corrected chi connectivity index (χ0v) is 11.7. The molecule has 94 valence electrons. The number of anilines is 2. The highest BCUT2D eigenvalue weighted by Crippen LogP contribution is 2.28. The van der Waals surface area contributed by atoms with Crippen molar-refractivity contribution in [2.75, 3.05) is 36.6 Å². The lowest BCUT2D eigenvalue weighted by Crippen LogP contribution is -2.21. The van der Waals surface area contributed by atoms with E-state index in [2.05, 4.69) is 34.0 Å². The molecule has 1 saturated heterocycles. The Morgan fingerprint density at radius 3 is 2.47 bits per heavy atom. The molecular formula is C12H20N4S. The summed E-state index contributed by atoms with van der Waals surface area (Å²) in [5, 5.41) is 3.93. The van der Waals surface area contributed by atoms with Crippen LogP contribution in [0.25, 0.3) is 0 Å². The average molecular weight is 252 g/mol. The van der Waals surface area contributed by atoms with Gasteiger partial charge in [0.05, 0.1) is 0 Å². The van der Waals surface area contributed by atoms with Crippen LogP contribution in [0.5, 0.6) is 0 Å². The minimum absolute atomic E-state index is 0.737. The van der Waals surface area contributed by atoms with Crippen molar-refractivity contribution >= 4 is 23.4 Å². The molecule has 0 aliphatic carbocycles. The molecule has 1 aliphatic heterocycles. The Balaban J connectivity index is 2.26. The third-order valence-electron chi connectivity index (χ3n) is 3.44. The summed E-state index contributed by atoms with van der Waals surface area (Å²) in [6.45, 7) is 6.80. The van der Waals surface area contributed by atoms with Gasteiger partial charge in [-0.15, -0.1) is 0 Å². The summed E-state index contributed by atoms with van der Waals surface area (Å²) in [6, 6.07) is 2.03. The van der Waals surface area contributed by atoms with Gasteiger partial charge in [-0.1, -0.05) is 25.6 Å². The molecule has 0 radical (unpaired) electrons. The molecule has 2 unspecified atom stereocenters. The van der Waals surface area contributed by atoms with Gasteiger partial charge in [0.1, 0.15) is 11.6 Å². The molecule has 2 heterocycles. The maximum atomic E-state index is 4.59. The van der Waals surface area contributed by atoms with Crippen molar-refractivity contribution in [3.8, 4) is 0 Å². The molecule has 17 heavy (non-hydrogen) atoms. The Bertz CT molecular complexity index is 364. The number of thioether (sulfide) groups is 1. The molecular weight excluding hydrogens is 232 g/mol. The first kappa shape index (κ1) is 12.5. The van der Waals surface area contributed by atoms with E-state index < -0.39 is 0 Å². The van der Waals surface area contributed by atoms with Crippen molar-refractivity contribution in [1.82, 2.24) is 9.97 Å². The first-order chi connectivity index (χ1) is 8.13. The molecule has 0 amide bonds. The monoisotopic (exact) mass is 252 g/mol. The van der Waals surface area contributed by atoms with Crippen LogP contribution < -0.4 is 10.2 Å². The van der Waals surface area contributed by atoms with Crippen LogP contribution in [0.15, 0.2) is 11.2 Å². The predicted molar refractivity (Wildman–Crippen MR) is 73.9 cm³/mol. The van der Waals surface area contributed by atoms with Gasteiger partial charge in [-0.05, 0) is 18.1 Å². The summed E-state index contributed by atoms with van der Waals surface area (Å²) in [4.78, 5) is 11.3. The first-order valence-electron chi connectivity index (χ1n) is 5.99. The van der Waals surface area contributed by atoms with Crippen LogP contribution in [0.4, 0.5) is 11.6 Å². The molecule has 0 bridgehead atoms. The molecule has 5 heteroatoms. The smallest absolute Gasteiger partial charge is 0.191 e. The number of nitrogens with zero attached hydrogens (tertiary/aromatic N) is 3. The van der Waals surface area contributed by atoms with Crippen LogP contribution in [0.1, 0.15) is 13.8 Å². The summed E-state index contributed by atoms with van der Waals surface area (Å²) in [6.07, 6.45) is 2.01. The minimum Gasteiger partial charge on any atom is -0.373 e. The van der Waals surface area contributed by atoms with E-state index in [0.29, 0.717) is 0 Å². The normalized spacial score (nSPS) is 24.1. The number of hydrogen-bond donors (Lipinski definition) is 1. The fraction of sp³-hybridized carbons (Fsp3) is 0.667. The zero-order valence-electron chi connectivity index (χ0n) is 10.9. The summed E-state index contributed by atoms with van der Waals surface area (Å²) in [5.41, 5.74) is 0. The highest BCUT2D eigenvalue weighted by Gasteiger charge is 2.27. The molecule has 2 atom stereocenters. The summed E-state index contributed by atoms with van der Waals surface area (Å²) < 4.78 is 0. The van der Waals surface area contributed by atoms with E-state index in [9.17, 15) is 0 Å². The molecule has 1 N–H and O–H groups in total. The topological polar surface area (TPSA) is 41.0 Å². The van der Waals surface area contributed by atoms with Gasteiger partial charge < -0.3 is 10.2 Å². The van der Waals surface area contributed by atoms with Crippen molar-refractivity contribution in [1.29, 1.82) is 0 Å². The van der Waals surface area contributed by atoms with E-state index >= 15 is 0 Å². The Hall–Kier alpha value is -0.970. The Morgan fingerprint density at radius 2 is 1.94 bits per heavy atom. The Kier molecular flexibility index (Phi) is 3.76. The second-order valence-electron chi connectivity index (χ2n) is 4.71. The van der Waals surface area contributed by atoms with E-state index in [4.69, 9.17) is 0 Å². The lowest BCUT2D eigenvalue weighted by Gasteiger charge is -2.18. The number of aromatic nitrogens is 2. The summed E-state index contributed by atoms with van der Waals surface area (Å²) >= 11 is 1.58. The molecule has 1 fully saturated rings. The maximum Gasteiger partial charge on any atom is 0.191 e. The van der Waals surface area contributed by atoms with E-state index in [1.807, 2.05) is 19.4 Å². The van der Waals surface area contributed by atoms with Gasteiger partial charge in [-0.25, -0.2) is 9.97 Å². The van der Waals surface area contributed by atoms with Crippen LogP contribution in [0, 0.1) is 11.8 Å². The van der Waals surface area contributed by atoms with Gasteiger partial charge in [0.2, 0.25) is 0 Å². The van der Waals surface area contributed by atoms with Gasteiger partial charge in [-0.2, -0.15) is 0 Å². The van der Waals surface area contributed by atoms with Crippen LogP contribution in [-0.4, -0.2) is 36.4 Å². The van der Waals surface area contributed by atoms with Crippen LogP contribution in [0.2, 0.25) is 0 Å². The van der Waals surface area contributed by atoms with Gasteiger partial charge >= 0.3 is 0 Å². The van der Waals surface area contributed by atoms with Crippen molar-refractivity contribution in [2.45, 2.75) is 19.0 Å². The SMILES string of the molecule is CNc1cc(N2CC(C)C(C)C2)nc(SC)n1.